The summed E-state index contributed by atoms with van der Waals surface area (Å²) in [6.45, 7) is 2.79. The minimum atomic E-state index is -0.398. The van der Waals surface area contributed by atoms with Gasteiger partial charge in [-0.1, -0.05) is 39.0 Å². The Labute approximate surface area is 110 Å². The molecule has 0 aromatic heterocycles. The zero-order valence-electron chi connectivity index (χ0n) is 11.6. The normalized spacial score (nSPS) is 10.3. The van der Waals surface area contributed by atoms with E-state index in [1.807, 2.05) is 0 Å². The minimum Gasteiger partial charge on any atom is -0.393 e. The molecule has 2 N–H and O–H groups in total. The fourth-order valence-electron chi connectivity index (χ4n) is 1.69. The summed E-state index contributed by atoms with van der Waals surface area (Å²) in [7, 11) is 0. The maximum absolute atomic E-state index is 11.3. The molecule has 0 aliphatic carbocycles. The maximum Gasteiger partial charge on any atom is 0.313 e. The van der Waals surface area contributed by atoms with Gasteiger partial charge >= 0.3 is 11.9 Å². The Kier molecular flexibility index (Phi) is 11.9. The first kappa shape index (κ1) is 17.1. The van der Waals surface area contributed by atoms with E-state index in [9.17, 15) is 9.59 Å². The Hall–Kier alpha value is -0.900. The van der Waals surface area contributed by atoms with Crippen LogP contribution >= 0.6 is 0 Å². The quantitative estimate of drug-likeness (QED) is 0.351. The SMILES string of the molecule is CCCCCCCC(=O)OC(=O)CCCCCN. The van der Waals surface area contributed by atoms with Gasteiger partial charge in [0.15, 0.2) is 0 Å². The fourth-order valence-corrected chi connectivity index (χ4v) is 1.69. The zero-order chi connectivity index (χ0) is 13.6. The lowest BCUT2D eigenvalue weighted by molar-refractivity contribution is -0.159. The van der Waals surface area contributed by atoms with Gasteiger partial charge in [0, 0.05) is 12.8 Å². The van der Waals surface area contributed by atoms with Gasteiger partial charge in [0.05, 0.1) is 0 Å². The molecule has 0 aromatic rings. The van der Waals surface area contributed by atoms with Crippen LogP contribution in [0.4, 0.5) is 0 Å². The lowest BCUT2D eigenvalue weighted by Gasteiger charge is -2.03. The van der Waals surface area contributed by atoms with E-state index in [1.165, 1.54) is 12.8 Å². The topological polar surface area (TPSA) is 69.4 Å². The third-order valence-electron chi connectivity index (χ3n) is 2.80. The molecule has 0 atom stereocenters. The number of nitrogens with two attached hydrogens (primary N) is 1. The van der Waals surface area contributed by atoms with Crippen LogP contribution in [-0.4, -0.2) is 18.5 Å². The van der Waals surface area contributed by atoms with Crippen molar-refractivity contribution in [3.63, 3.8) is 0 Å². The maximum atomic E-state index is 11.3. The molecule has 0 rings (SSSR count). The van der Waals surface area contributed by atoms with Crippen molar-refractivity contribution in [3.05, 3.63) is 0 Å². The van der Waals surface area contributed by atoms with Crippen molar-refractivity contribution in [1.82, 2.24) is 0 Å². The Morgan fingerprint density at radius 1 is 0.833 bits per heavy atom. The molecular formula is C14H27NO3. The van der Waals surface area contributed by atoms with Crippen molar-refractivity contribution in [2.75, 3.05) is 6.54 Å². The third-order valence-corrected chi connectivity index (χ3v) is 2.80. The summed E-state index contributed by atoms with van der Waals surface area (Å²) in [5.74, 6) is -0.777. The molecule has 0 unspecified atom stereocenters. The van der Waals surface area contributed by atoms with Crippen LogP contribution in [0.15, 0.2) is 0 Å². The lowest BCUT2D eigenvalue weighted by atomic mass is 10.1. The predicted octanol–water partition coefficient (Wildman–Crippen LogP) is 2.94. The summed E-state index contributed by atoms with van der Waals surface area (Å²) >= 11 is 0. The van der Waals surface area contributed by atoms with Crippen molar-refractivity contribution >= 4 is 11.9 Å². The molecule has 0 spiro atoms. The number of carbonyl (C=O) groups excluding carboxylic acids is 2. The first-order valence-corrected chi connectivity index (χ1v) is 7.14. The molecule has 0 amide bonds. The van der Waals surface area contributed by atoms with Gasteiger partial charge < -0.3 is 10.5 Å². The van der Waals surface area contributed by atoms with E-state index in [4.69, 9.17) is 10.5 Å². The summed E-state index contributed by atoms with van der Waals surface area (Å²) in [5, 5.41) is 0. The van der Waals surface area contributed by atoms with E-state index in [0.29, 0.717) is 19.4 Å². The van der Waals surface area contributed by atoms with Gasteiger partial charge in [-0.25, -0.2) is 0 Å². The minimum absolute atomic E-state index is 0.321. The molecule has 0 saturated carbocycles. The van der Waals surface area contributed by atoms with Crippen LogP contribution < -0.4 is 5.73 Å². The molecule has 0 saturated heterocycles. The van der Waals surface area contributed by atoms with Gasteiger partial charge in [0.2, 0.25) is 0 Å². The highest BCUT2D eigenvalue weighted by molar-refractivity contribution is 5.85. The summed E-state index contributed by atoms with van der Waals surface area (Å²) in [4.78, 5) is 22.6. The van der Waals surface area contributed by atoms with Crippen molar-refractivity contribution in [2.45, 2.75) is 71.1 Å². The number of unbranched alkanes of at least 4 members (excludes halogenated alkanes) is 6. The van der Waals surface area contributed by atoms with Crippen LogP contribution in [0.3, 0.4) is 0 Å². The van der Waals surface area contributed by atoms with E-state index in [2.05, 4.69) is 6.92 Å². The second kappa shape index (κ2) is 12.6. The molecule has 0 aliphatic rings. The first-order valence-electron chi connectivity index (χ1n) is 7.14. The molecule has 0 aliphatic heterocycles. The molecule has 0 radical (unpaired) electrons. The summed E-state index contributed by atoms with van der Waals surface area (Å²) in [6, 6.07) is 0. The smallest absolute Gasteiger partial charge is 0.313 e. The molecule has 4 heteroatoms. The van der Waals surface area contributed by atoms with Crippen molar-refractivity contribution in [1.29, 1.82) is 0 Å². The number of ether oxygens (including phenoxy) is 1. The Morgan fingerprint density at radius 2 is 1.33 bits per heavy atom. The highest BCUT2D eigenvalue weighted by Gasteiger charge is 2.09. The number of esters is 2. The van der Waals surface area contributed by atoms with Crippen LogP contribution in [0, 0.1) is 0 Å². The number of hydrogen-bond acceptors (Lipinski definition) is 4. The van der Waals surface area contributed by atoms with E-state index in [-0.39, 0.29) is 5.97 Å². The van der Waals surface area contributed by atoms with Gasteiger partial charge in [-0.2, -0.15) is 0 Å². The number of hydrogen-bond donors (Lipinski definition) is 1. The third kappa shape index (κ3) is 11.6. The second-order valence-electron chi connectivity index (χ2n) is 4.61. The predicted molar refractivity (Wildman–Crippen MR) is 72.0 cm³/mol. The second-order valence-corrected chi connectivity index (χ2v) is 4.61. The summed E-state index contributed by atoms with van der Waals surface area (Å²) < 4.78 is 4.73. The van der Waals surface area contributed by atoms with E-state index in [1.54, 1.807) is 0 Å². The van der Waals surface area contributed by atoms with Crippen LogP contribution in [-0.2, 0) is 14.3 Å². The van der Waals surface area contributed by atoms with Gasteiger partial charge in [-0.3, -0.25) is 9.59 Å². The highest BCUT2D eigenvalue weighted by atomic mass is 16.6. The van der Waals surface area contributed by atoms with Gasteiger partial charge in [-0.15, -0.1) is 0 Å². The molecule has 4 nitrogen and oxygen atoms in total. The zero-order valence-corrected chi connectivity index (χ0v) is 11.6. The number of carbonyl (C=O) groups is 2. The standard InChI is InChI=1S/C14H27NO3/c1-2-3-4-5-7-10-13(16)18-14(17)11-8-6-9-12-15/h2-12,15H2,1H3. The monoisotopic (exact) mass is 257 g/mol. The lowest BCUT2D eigenvalue weighted by Crippen LogP contribution is -2.12. The average molecular weight is 257 g/mol. The molecule has 0 heterocycles. The largest absolute Gasteiger partial charge is 0.393 e. The van der Waals surface area contributed by atoms with Crippen LogP contribution in [0.5, 0.6) is 0 Å². The molecule has 18 heavy (non-hydrogen) atoms. The molecule has 0 bridgehead atoms. The molecule has 106 valence electrons. The summed E-state index contributed by atoms with van der Waals surface area (Å²) in [5.41, 5.74) is 5.35. The Bertz CT molecular complexity index is 229. The van der Waals surface area contributed by atoms with Crippen LogP contribution in [0.25, 0.3) is 0 Å². The number of rotatable bonds is 11. The van der Waals surface area contributed by atoms with Crippen molar-refractivity contribution < 1.29 is 14.3 Å². The van der Waals surface area contributed by atoms with Crippen molar-refractivity contribution in [3.8, 4) is 0 Å². The highest BCUT2D eigenvalue weighted by Crippen LogP contribution is 2.07. The van der Waals surface area contributed by atoms with E-state index in [0.717, 1.165) is 38.5 Å². The summed E-state index contributed by atoms with van der Waals surface area (Å²) in [6.07, 6.45) is 8.65. The Balaban J connectivity index is 3.41. The van der Waals surface area contributed by atoms with Crippen LogP contribution in [0.1, 0.15) is 71.1 Å². The van der Waals surface area contributed by atoms with Crippen LogP contribution in [0.2, 0.25) is 0 Å². The van der Waals surface area contributed by atoms with E-state index < -0.39 is 5.97 Å². The average Bonchev–Trinajstić information content (AvgIpc) is 2.34. The van der Waals surface area contributed by atoms with E-state index >= 15 is 0 Å². The molecule has 0 fully saturated rings. The molecular weight excluding hydrogens is 230 g/mol. The van der Waals surface area contributed by atoms with Gasteiger partial charge in [0.1, 0.15) is 0 Å². The fraction of sp³-hybridized carbons (Fsp3) is 0.857. The Morgan fingerprint density at radius 3 is 1.83 bits per heavy atom. The first-order chi connectivity index (χ1) is 8.70. The van der Waals surface area contributed by atoms with Gasteiger partial charge in [-0.05, 0) is 25.8 Å². The van der Waals surface area contributed by atoms with Gasteiger partial charge in [0.25, 0.3) is 0 Å². The van der Waals surface area contributed by atoms with Crippen molar-refractivity contribution in [2.24, 2.45) is 5.73 Å². The molecule has 0 aromatic carbocycles.